The van der Waals surface area contributed by atoms with Gasteiger partial charge in [-0.2, -0.15) is 0 Å². The molecule has 3 nitrogen and oxygen atoms in total. The van der Waals surface area contributed by atoms with E-state index in [1.807, 2.05) is 12.1 Å². The maximum Gasteiger partial charge on any atom is 0.261 e. The van der Waals surface area contributed by atoms with Gasteiger partial charge in [0.25, 0.3) is 11.8 Å². The molecule has 0 spiro atoms. The Morgan fingerprint density at radius 1 is 0.733 bits per heavy atom. The molecule has 1 aromatic carbocycles. The average Bonchev–Trinajstić information content (AvgIpc) is 3.00. The zero-order valence-corrected chi connectivity index (χ0v) is 20.6. The molecule has 1 heterocycles. The number of carbonyl (C=O) groups excluding carboxylic acids is 2. The molecule has 0 fully saturated rings. The van der Waals surface area contributed by atoms with E-state index in [4.69, 9.17) is 0 Å². The zero-order chi connectivity index (χ0) is 21.8. The molecule has 0 radical (unpaired) electrons. The van der Waals surface area contributed by atoms with Gasteiger partial charge in [-0.15, -0.1) is 0 Å². The predicted octanol–water partition coefficient (Wildman–Crippen LogP) is 7.63. The van der Waals surface area contributed by atoms with Crippen LogP contribution in [0.15, 0.2) is 24.3 Å². The lowest BCUT2D eigenvalue weighted by atomic mass is 9.91. The van der Waals surface area contributed by atoms with Gasteiger partial charge in [0.05, 0.1) is 11.1 Å². The second-order valence-corrected chi connectivity index (χ2v) is 9.69. The highest BCUT2D eigenvalue weighted by Gasteiger charge is 2.36. The van der Waals surface area contributed by atoms with Gasteiger partial charge in [-0.3, -0.25) is 14.5 Å². The lowest BCUT2D eigenvalue weighted by Crippen LogP contribution is -2.34. The maximum absolute atomic E-state index is 12.7. The Bertz CT molecular complexity index is 625. The Labute approximate surface area is 192 Å². The van der Waals surface area contributed by atoms with Gasteiger partial charge in [0.15, 0.2) is 0 Å². The van der Waals surface area contributed by atoms with Crippen molar-refractivity contribution in [1.82, 2.24) is 4.90 Å². The van der Waals surface area contributed by atoms with Crippen LogP contribution in [0.5, 0.6) is 0 Å². The summed E-state index contributed by atoms with van der Waals surface area (Å²) in [5.41, 5.74) is 1.14. The third-order valence-corrected chi connectivity index (χ3v) is 6.95. The minimum Gasteiger partial charge on any atom is -0.274 e. The van der Waals surface area contributed by atoms with Gasteiger partial charge in [-0.05, 0) is 43.2 Å². The molecular formula is C26H40BrNO2. The quantitative estimate of drug-likeness (QED) is 0.139. The molecule has 0 saturated carbocycles. The highest BCUT2D eigenvalue weighted by Crippen LogP contribution is 2.27. The van der Waals surface area contributed by atoms with Crippen LogP contribution in [0.2, 0.25) is 0 Å². The molecule has 4 heteroatoms. The number of unbranched alkanes of at least 4 members (excludes halogenated alkanes) is 4. The lowest BCUT2D eigenvalue weighted by Gasteiger charge is -2.23. The number of imide groups is 1. The average molecular weight is 479 g/mol. The van der Waals surface area contributed by atoms with E-state index < -0.39 is 0 Å². The third-order valence-electron chi connectivity index (χ3n) is 6.49. The van der Waals surface area contributed by atoms with E-state index in [0.717, 1.165) is 36.9 Å². The number of halogens is 1. The molecule has 0 bridgehead atoms. The Morgan fingerprint density at radius 2 is 1.23 bits per heavy atom. The van der Waals surface area contributed by atoms with E-state index in [1.54, 1.807) is 12.1 Å². The number of hydrogen-bond acceptors (Lipinski definition) is 2. The van der Waals surface area contributed by atoms with Crippen molar-refractivity contribution in [3.05, 3.63) is 35.4 Å². The summed E-state index contributed by atoms with van der Waals surface area (Å²) in [6.07, 6.45) is 14.9. The van der Waals surface area contributed by atoms with Crippen molar-refractivity contribution in [3.8, 4) is 0 Å². The summed E-state index contributed by atoms with van der Waals surface area (Å²) < 4.78 is 0. The first-order chi connectivity index (χ1) is 14.6. The molecule has 0 aliphatic carbocycles. The summed E-state index contributed by atoms with van der Waals surface area (Å²) in [6, 6.07) is 7.23. The topological polar surface area (TPSA) is 37.4 Å². The van der Waals surface area contributed by atoms with Crippen LogP contribution >= 0.6 is 15.9 Å². The predicted molar refractivity (Wildman–Crippen MR) is 129 cm³/mol. The van der Waals surface area contributed by atoms with Crippen molar-refractivity contribution in [2.45, 2.75) is 90.9 Å². The second kappa shape index (κ2) is 14.0. The molecule has 168 valence electrons. The summed E-state index contributed by atoms with van der Waals surface area (Å²) >= 11 is 3.61. The first-order valence-corrected chi connectivity index (χ1v) is 13.3. The van der Waals surface area contributed by atoms with Gasteiger partial charge < -0.3 is 0 Å². The number of alkyl halides is 1. The number of carbonyl (C=O) groups is 2. The first-order valence-electron chi connectivity index (χ1n) is 12.1. The number of amides is 2. The van der Waals surface area contributed by atoms with Gasteiger partial charge in [0.1, 0.15) is 0 Å². The van der Waals surface area contributed by atoms with Gasteiger partial charge in [0.2, 0.25) is 0 Å². The van der Waals surface area contributed by atoms with Crippen LogP contribution in [0, 0.1) is 11.8 Å². The Balaban J connectivity index is 1.81. The highest BCUT2D eigenvalue weighted by atomic mass is 79.9. The van der Waals surface area contributed by atoms with Crippen LogP contribution in [0.3, 0.4) is 0 Å². The number of fused-ring (bicyclic) bond motifs is 1. The van der Waals surface area contributed by atoms with Crippen LogP contribution in [-0.4, -0.2) is 28.6 Å². The molecule has 0 aromatic heterocycles. The molecule has 2 unspecified atom stereocenters. The molecule has 1 aliphatic rings. The SMILES string of the molecule is CCCCC(CCBr)CCCCCC(CCCC)CN1C(=O)c2ccccc2C1=O. The van der Waals surface area contributed by atoms with Gasteiger partial charge in [0, 0.05) is 11.9 Å². The van der Waals surface area contributed by atoms with E-state index in [1.165, 1.54) is 56.3 Å². The van der Waals surface area contributed by atoms with Crippen LogP contribution < -0.4 is 0 Å². The molecule has 30 heavy (non-hydrogen) atoms. The molecule has 2 amide bonds. The Kier molecular flexibility index (Phi) is 11.7. The lowest BCUT2D eigenvalue weighted by molar-refractivity contribution is 0.0622. The standard InChI is InChI=1S/C26H40BrNO2/c1-3-5-12-21(18-19-27)14-8-7-9-15-22(13-6-4-2)20-28-25(29)23-16-10-11-17-24(23)26(28)30/h10-11,16-17,21-22H,3-9,12-15,18-20H2,1-2H3. The van der Waals surface area contributed by atoms with E-state index in [9.17, 15) is 9.59 Å². The minimum absolute atomic E-state index is 0.106. The number of hydrogen-bond donors (Lipinski definition) is 0. The number of benzene rings is 1. The molecule has 0 N–H and O–H groups in total. The monoisotopic (exact) mass is 477 g/mol. The van der Waals surface area contributed by atoms with Crippen LogP contribution in [-0.2, 0) is 0 Å². The molecule has 2 atom stereocenters. The van der Waals surface area contributed by atoms with Crippen LogP contribution in [0.25, 0.3) is 0 Å². The van der Waals surface area contributed by atoms with Gasteiger partial charge >= 0.3 is 0 Å². The van der Waals surface area contributed by atoms with E-state index in [0.29, 0.717) is 23.6 Å². The number of rotatable bonds is 16. The summed E-state index contributed by atoms with van der Waals surface area (Å²) in [7, 11) is 0. The van der Waals surface area contributed by atoms with Gasteiger partial charge in [-0.25, -0.2) is 0 Å². The highest BCUT2D eigenvalue weighted by molar-refractivity contribution is 9.09. The number of nitrogens with zero attached hydrogens (tertiary/aromatic N) is 1. The fourth-order valence-corrected chi connectivity index (χ4v) is 5.25. The summed E-state index contributed by atoms with van der Waals surface area (Å²) in [5.74, 6) is 1.07. The van der Waals surface area contributed by atoms with Crippen molar-refractivity contribution in [2.24, 2.45) is 11.8 Å². The minimum atomic E-state index is -0.106. The van der Waals surface area contributed by atoms with Crippen LogP contribution in [0.4, 0.5) is 0 Å². The second-order valence-electron chi connectivity index (χ2n) is 8.90. The Hall–Kier alpha value is -1.16. The van der Waals surface area contributed by atoms with Crippen molar-refractivity contribution in [2.75, 3.05) is 11.9 Å². The van der Waals surface area contributed by atoms with Crippen LogP contribution in [0.1, 0.15) is 112 Å². The van der Waals surface area contributed by atoms with Gasteiger partial charge in [-0.1, -0.05) is 99.7 Å². The first kappa shape index (κ1) is 25.1. The largest absolute Gasteiger partial charge is 0.274 e. The molecular weight excluding hydrogens is 438 g/mol. The fraction of sp³-hybridized carbons (Fsp3) is 0.692. The fourth-order valence-electron chi connectivity index (χ4n) is 4.61. The zero-order valence-electron chi connectivity index (χ0n) is 19.0. The smallest absolute Gasteiger partial charge is 0.261 e. The van der Waals surface area contributed by atoms with E-state index >= 15 is 0 Å². The van der Waals surface area contributed by atoms with E-state index in [2.05, 4.69) is 29.8 Å². The molecule has 1 aliphatic heterocycles. The maximum atomic E-state index is 12.7. The summed E-state index contributed by atoms with van der Waals surface area (Å²) in [4.78, 5) is 26.9. The van der Waals surface area contributed by atoms with E-state index in [-0.39, 0.29) is 11.8 Å². The van der Waals surface area contributed by atoms with Crippen molar-refractivity contribution >= 4 is 27.7 Å². The van der Waals surface area contributed by atoms with Crippen molar-refractivity contribution in [3.63, 3.8) is 0 Å². The summed E-state index contributed by atoms with van der Waals surface area (Å²) in [6.45, 7) is 5.06. The third kappa shape index (κ3) is 7.51. The molecule has 2 rings (SSSR count). The molecule has 0 saturated heterocycles. The molecule has 1 aromatic rings. The Morgan fingerprint density at radius 3 is 1.77 bits per heavy atom. The summed E-state index contributed by atoms with van der Waals surface area (Å²) in [5, 5.41) is 1.11. The van der Waals surface area contributed by atoms with Crippen molar-refractivity contribution in [1.29, 1.82) is 0 Å². The van der Waals surface area contributed by atoms with Crippen molar-refractivity contribution < 1.29 is 9.59 Å². The normalized spacial score (nSPS) is 15.5.